The third-order valence-corrected chi connectivity index (χ3v) is 6.44. The molecule has 0 spiro atoms. The largest absolute Gasteiger partial charge is 0.488 e. The van der Waals surface area contributed by atoms with Gasteiger partial charge in [0, 0.05) is 32.2 Å². The molecule has 166 valence electrons. The second kappa shape index (κ2) is 12.0. The quantitative estimate of drug-likeness (QED) is 0.595. The Labute approximate surface area is 194 Å². The SMILES string of the molecule is Cc1cc([C@H](C2CCCC2)N2CCNCC2)cc(C)c1OCc1ccccc1.Cl.Cl. The molecule has 2 aromatic carbocycles. The minimum atomic E-state index is 0. The van der Waals surface area contributed by atoms with E-state index in [0.717, 1.165) is 37.8 Å². The standard InChI is InChI=1S/C25H34N2O.2ClH/c1-19-16-23(17-20(2)25(19)28-18-21-8-4-3-5-9-21)24(22-10-6-7-11-22)27-14-12-26-13-15-27;;/h3-5,8-9,16-17,22,24,26H,6-7,10-15,18H2,1-2H3;2*1H/t24-;;/m0../s1. The number of benzene rings is 2. The Morgan fingerprint density at radius 2 is 1.57 bits per heavy atom. The first-order valence-electron chi connectivity index (χ1n) is 10.9. The lowest BCUT2D eigenvalue weighted by Crippen LogP contribution is -2.46. The number of nitrogens with zero attached hydrogens (tertiary/aromatic N) is 1. The molecule has 1 saturated heterocycles. The van der Waals surface area contributed by atoms with E-state index in [1.54, 1.807) is 0 Å². The van der Waals surface area contributed by atoms with Crippen LogP contribution in [0.15, 0.2) is 42.5 Å². The molecule has 30 heavy (non-hydrogen) atoms. The summed E-state index contributed by atoms with van der Waals surface area (Å²) in [6.45, 7) is 9.59. The lowest BCUT2D eigenvalue weighted by atomic mass is 9.88. The van der Waals surface area contributed by atoms with E-state index >= 15 is 0 Å². The minimum absolute atomic E-state index is 0. The van der Waals surface area contributed by atoms with Gasteiger partial charge in [-0.3, -0.25) is 4.90 Å². The summed E-state index contributed by atoms with van der Waals surface area (Å²) < 4.78 is 6.24. The summed E-state index contributed by atoms with van der Waals surface area (Å²) >= 11 is 0. The molecule has 1 aliphatic heterocycles. The van der Waals surface area contributed by atoms with E-state index in [2.05, 4.69) is 60.5 Å². The summed E-state index contributed by atoms with van der Waals surface area (Å²) in [5.74, 6) is 1.85. The molecule has 1 heterocycles. The van der Waals surface area contributed by atoms with E-state index in [-0.39, 0.29) is 24.8 Å². The van der Waals surface area contributed by atoms with Gasteiger partial charge in [0.05, 0.1) is 0 Å². The van der Waals surface area contributed by atoms with Gasteiger partial charge in [-0.05, 0) is 54.9 Å². The number of aryl methyl sites for hydroxylation is 2. The summed E-state index contributed by atoms with van der Waals surface area (Å²) in [6.07, 6.45) is 5.53. The van der Waals surface area contributed by atoms with Crippen LogP contribution >= 0.6 is 24.8 Å². The zero-order valence-electron chi connectivity index (χ0n) is 18.2. The second-order valence-electron chi connectivity index (χ2n) is 8.53. The van der Waals surface area contributed by atoms with Crippen LogP contribution in [-0.4, -0.2) is 31.1 Å². The molecule has 3 nitrogen and oxygen atoms in total. The summed E-state index contributed by atoms with van der Waals surface area (Å²) in [5.41, 5.74) is 5.25. The van der Waals surface area contributed by atoms with E-state index < -0.39 is 0 Å². The Morgan fingerprint density at radius 1 is 0.967 bits per heavy atom. The van der Waals surface area contributed by atoms with Crippen molar-refractivity contribution in [2.45, 2.75) is 52.2 Å². The van der Waals surface area contributed by atoms with Gasteiger partial charge in [-0.15, -0.1) is 24.8 Å². The summed E-state index contributed by atoms with van der Waals surface area (Å²) in [6, 6.07) is 15.8. The molecule has 0 radical (unpaired) electrons. The molecule has 0 bridgehead atoms. The number of rotatable bonds is 6. The van der Waals surface area contributed by atoms with Crippen molar-refractivity contribution in [1.82, 2.24) is 10.2 Å². The molecule has 5 heteroatoms. The molecule has 1 saturated carbocycles. The highest BCUT2D eigenvalue weighted by molar-refractivity contribution is 5.85. The van der Waals surface area contributed by atoms with Gasteiger partial charge in [0.15, 0.2) is 0 Å². The first kappa shape index (κ1) is 25.0. The van der Waals surface area contributed by atoms with Crippen LogP contribution in [-0.2, 0) is 6.61 Å². The van der Waals surface area contributed by atoms with Crippen molar-refractivity contribution in [3.8, 4) is 5.75 Å². The second-order valence-corrected chi connectivity index (χ2v) is 8.53. The maximum Gasteiger partial charge on any atom is 0.125 e. The van der Waals surface area contributed by atoms with Crippen molar-refractivity contribution in [3.63, 3.8) is 0 Å². The third kappa shape index (κ3) is 5.91. The van der Waals surface area contributed by atoms with E-state index in [4.69, 9.17) is 4.74 Å². The topological polar surface area (TPSA) is 24.5 Å². The summed E-state index contributed by atoms with van der Waals surface area (Å²) in [4.78, 5) is 2.73. The van der Waals surface area contributed by atoms with Gasteiger partial charge < -0.3 is 10.1 Å². The van der Waals surface area contributed by atoms with Crippen molar-refractivity contribution < 1.29 is 4.74 Å². The maximum absolute atomic E-state index is 6.24. The summed E-state index contributed by atoms with van der Waals surface area (Å²) in [5, 5.41) is 3.51. The predicted octanol–water partition coefficient (Wildman–Crippen LogP) is 5.86. The molecule has 2 aliphatic rings. The Morgan fingerprint density at radius 3 is 2.17 bits per heavy atom. The first-order valence-corrected chi connectivity index (χ1v) is 10.9. The van der Waals surface area contributed by atoms with Gasteiger partial charge in [-0.1, -0.05) is 55.3 Å². The number of nitrogens with one attached hydrogen (secondary N) is 1. The fourth-order valence-electron chi connectivity index (χ4n) is 5.13. The number of ether oxygens (including phenoxy) is 1. The van der Waals surface area contributed by atoms with E-state index in [1.165, 1.54) is 47.9 Å². The molecule has 0 unspecified atom stereocenters. The van der Waals surface area contributed by atoms with Gasteiger partial charge in [-0.25, -0.2) is 0 Å². The Bertz CT molecular complexity index is 749. The van der Waals surface area contributed by atoms with E-state index in [9.17, 15) is 0 Å². The zero-order chi connectivity index (χ0) is 19.3. The molecule has 4 rings (SSSR count). The Kier molecular flexibility index (Phi) is 9.96. The Hall–Kier alpha value is -1.26. The molecular formula is C25H36Cl2N2O. The highest BCUT2D eigenvalue weighted by Crippen LogP contribution is 2.41. The average molecular weight is 451 g/mol. The number of piperazine rings is 1. The van der Waals surface area contributed by atoms with Crippen LogP contribution in [0.4, 0.5) is 0 Å². The van der Waals surface area contributed by atoms with Gasteiger partial charge in [0.1, 0.15) is 12.4 Å². The van der Waals surface area contributed by atoms with Gasteiger partial charge in [0.2, 0.25) is 0 Å². The van der Waals surface area contributed by atoms with Crippen molar-refractivity contribution in [3.05, 3.63) is 64.7 Å². The average Bonchev–Trinajstić information content (AvgIpc) is 3.23. The lowest BCUT2D eigenvalue weighted by Gasteiger charge is -2.39. The maximum atomic E-state index is 6.24. The number of halogens is 2. The van der Waals surface area contributed by atoms with E-state index in [0.29, 0.717) is 12.6 Å². The van der Waals surface area contributed by atoms with Crippen LogP contribution in [0.2, 0.25) is 0 Å². The smallest absolute Gasteiger partial charge is 0.125 e. The van der Waals surface area contributed by atoms with Crippen molar-refractivity contribution in [2.75, 3.05) is 26.2 Å². The van der Waals surface area contributed by atoms with Crippen molar-refractivity contribution in [1.29, 1.82) is 0 Å². The van der Waals surface area contributed by atoms with Gasteiger partial charge in [-0.2, -0.15) is 0 Å². The molecule has 0 amide bonds. The van der Waals surface area contributed by atoms with Crippen LogP contribution in [0, 0.1) is 19.8 Å². The van der Waals surface area contributed by atoms with Crippen LogP contribution in [0.25, 0.3) is 0 Å². The van der Waals surface area contributed by atoms with Crippen LogP contribution in [0.1, 0.15) is 54.0 Å². The van der Waals surface area contributed by atoms with Crippen LogP contribution < -0.4 is 10.1 Å². The van der Waals surface area contributed by atoms with Gasteiger partial charge >= 0.3 is 0 Å². The molecule has 2 aromatic rings. The fourth-order valence-corrected chi connectivity index (χ4v) is 5.13. The zero-order valence-corrected chi connectivity index (χ0v) is 19.9. The minimum Gasteiger partial charge on any atom is -0.488 e. The van der Waals surface area contributed by atoms with Crippen LogP contribution in [0.3, 0.4) is 0 Å². The molecule has 1 aliphatic carbocycles. The van der Waals surface area contributed by atoms with Crippen molar-refractivity contribution >= 4 is 24.8 Å². The highest BCUT2D eigenvalue weighted by atomic mass is 35.5. The normalized spacial score (nSPS) is 18.3. The Balaban J connectivity index is 0.00000160. The van der Waals surface area contributed by atoms with Gasteiger partial charge in [0.25, 0.3) is 0 Å². The lowest BCUT2D eigenvalue weighted by molar-refractivity contribution is 0.125. The third-order valence-electron chi connectivity index (χ3n) is 6.44. The monoisotopic (exact) mass is 450 g/mol. The molecular weight excluding hydrogens is 415 g/mol. The highest BCUT2D eigenvalue weighted by Gasteiger charge is 2.32. The molecule has 0 aromatic heterocycles. The fraction of sp³-hybridized carbons (Fsp3) is 0.520. The van der Waals surface area contributed by atoms with Crippen LogP contribution in [0.5, 0.6) is 5.75 Å². The first-order chi connectivity index (χ1) is 13.7. The predicted molar refractivity (Wildman–Crippen MR) is 130 cm³/mol. The number of hydrogen-bond donors (Lipinski definition) is 1. The molecule has 1 atom stereocenters. The van der Waals surface area contributed by atoms with E-state index in [1.807, 2.05) is 6.07 Å². The summed E-state index contributed by atoms with van der Waals surface area (Å²) in [7, 11) is 0. The number of hydrogen-bond acceptors (Lipinski definition) is 3. The molecule has 1 N–H and O–H groups in total. The van der Waals surface area contributed by atoms with Crippen molar-refractivity contribution in [2.24, 2.45) is 5.92 Å². The molecule has 2 fully saturated rings.